The molecule has 10 heteroatoms. The number of carbonyl (C=O) groups is 1. The number of ketones is 1. The number of anilines is 3. The van der Waals surface area contributed by atoms with Crippen LogP contribution >= 0.6 is 11.3 Å². The number of nitrogen functional groups attached to an aromatic ring is 1. The second kappa shape index (κ2) is 8.17. The Balaban J connectivity index is 1.78. The minimum Gasteiger partial charge on any atom is -0.497 e. The molecule has 3 rings (SSSR count). The van der Waals surface area contributed by atoms with Crippen LogP contribution in [0.4, 0.5) is 29.8 Å². The molecule has 146 valence electrons. The van der Waals surface area contributed by atoms with Crippen molar-refractivity contribution >= 4 is 33.8 Å². The molecule has 0 saturated carbocycles. The number of nitrogens with one attached hydrogen (secondary N) is 1. The van der Waals surface area contributed by atoms with Gasteiger partial charge >= 0.3 is 6.61 Å². The molecule has 0 spiro atoms. The molecule has 0 amide bonds. The highest BCUT2D eigenvalue weighted by molar-refractivity contribution is 7.18. The van der Waals surface area contributed by atoms with Gasteiger partial charge in [0.1, 0.15) is 16.4 Å². The van der Waals surface area contributed by atoms with Crippen LogP contribution in [0.15, 0.2) is 42.5 Å². The van der Waals surface area contributed by atoms with Gasteiger partial charge in [-0.2, -0.15) is 8.78 Å². The molecule has 3 N–H and O–H groups in total. The highest BCUT2D eigenvalue weighted by Gasteiger charge is 2.19. The average Bonchev–Trinajstić information content (AvgIpc) is 3.03. The van der Waals surface area contributed by atoms with Crippen molar-refractivity contribution in [1.82, 2.24) is 4.98 Å². The number of rotatable bonds is 7. The Morgan fingerprint density at radius 3 is 2.54 bits per heavy atom. The molecule has 0 aliphatic rings. The number of benzene rings is 2. The smallest absolute Gasteiger partial charge is 0.387 e. The van der Waals surface area contributed by atoms with Crippen LogP contribution in [0.1, 0.15) is 15.2 Å². The monoisotopic (exact) mass is 409 g/mol. The molecule has 2 aromatic carbocycles. The van der Waals surface area contributed by atoms with Gasteiger partial charge in [-0.25, -0.2) is 9.37 Å². The number of ether oxygens (including phenoxy) is 2. The molecule has 0 atom stereocenters. The molecule has 0 radical (unpaired) electrons. The number of nitrogens with zero attached hydrogens (tertiary/aromatic N) is 1. The zero-order valence-electron chi connectivity index (χ0n) is 14.4. The van der Waals surface area contributed by atoms with Gasteiger partial charge in [-0.1, -0.05) is 11.3 Å². The number of hydrogen-bond acceptors (Lipinski definition) is 7. The van der Waals surface area contributed by atoms with Crippen molar-refractivity contribution in [3.63, 3.8) is 0 Å². The van der Waals surface area contributed by atoms with Gasteiger partial charge < -0.3 is 20.5 Å². The predicted molar refractivity (Wildman–Crippen MR) is 99.3 cm³/mol. The molecule has 0 unspecified atom stereocenters. The highest BCUT2D eigenvalue weighted by Crippen LogP contribution is 2.31. The first-order chi connectivity index (χ1) is 13.4. The van der Waals surface area contributed by atoms with Crippen LogP contribution in [0, 0.1) is 5.82 Å². The summed E-state index contributed by atoms with van der Waals surface area (Å²) in [5.41, 5.74) is 6.47. The minimum atomic E-state index is -3.13. The maximum atomic E-state index is 13.8. The summed E-state index contributed by atoms with van der Waals surface area (Å²) in [5, 5.41) is 3.03. The second-order valence-electron chi connectivity index (χ2n) is 5.44. The lowest BCUT2D eigenvalue weighted by molar-refractivity contribution is -0.0521. The third-order valence-electron chi connectivity index (χ3n) is 3.61. The Kier molecular flexibility index (Phi) is 5.69. The zero-order chi connectivity index (χ0) is 20.3. The van der Waals surface area contributed by atoms with Crippen molar-refractivity contribution in [1.29, 1.82) is 0 Å². The lowest BCUT2D eigenvalue weighted by atomic mass is 10.1. The van der Waals surface area contributed by atoms with E-state index in [9.17, 15) is 18.0 Å². The summed E-state index contributed by atoms with van der Waals surface area (Å²) in [4.78, 5) is 16.9. The van der Waals surface area contributed by atoms with E-state index in [1.165, 1.54) is 13.2 Å². The summed E-state index contributed by atoms with van der Waals surface area (Å²) in [7, 11) is 1.52. The fourth-order valence-corrected chi connectivity index (χ4v) is 3.18. The Hall–Kier alpha value is -3.27. The quantitative estimate of drug-likeness (QED) is 0.561. The summed E-state index contributed by atoms with van der Waals surface area (Å²) in [6.45, 7) is -3.13. The van der Waals surface area contributed by atoms with Crippen molar-refractivity contribution in [3.05, 3.63) is 58.7 Å². The Morgan fingerprint density at radius 2 is 1.93 bits per heavy atom. The fourth-order valence-electron chi connectivity index (χ4n) is 2.32. The third-order valence-corrected chi connectivity index (χ3v) is 4.60. The van der Waals surface area contributed by atoms with Crippen molar-refractivity contribution < 1.29 is 27.4 Å². The summed E-state index contributed by atoms with van der Waals surface area (Å²) in [6.07, 6.45) is 0. The summed E-state index contributed by atoms with van der Waals surface area (Å²) < 4.78 is 47.3. The van der Waals surface area contributed by atoms with Gasteiger partial charge in [0.05, 0.1) is 7.11 Å². The van der Waals surface area contributed by atoms with E-state index in [0.717, 1.165) is 23.5 Å². The van der Waals surface area contributed by atoms with Gasteiger partial charge in [-0.15, -0.1) is 0 Å². The first-order valence-corrected chi connectivity index (χ1v) is 8.65. The number of aromatic nitrogens is 1. The number of halogens is 3. The fraction of sp³-hybridized carbons (Fsp3) is 0.111. The van der Waals surface area contributed by atoms with Crippen LogP contribution in [-0.4, -0.2) is 24.5 Å². The number of thiazole rings is 1. The maximum Gasteiger partial charge on any atom is 0.387 e. The Labute approximate surface area is 161 Å². The van der Waals surface area contributed by atoms with Crippen LogP contribution in [-0.2, 0) is 0 Å². The minimum absolute atomic E-state index is 0.0199. The van der Waals surface area contributed by atoms with E-state index in [2.05, 4.69) is 15.0 Å². The van der Waals surface area contributed by atoms with Crippen LogP contribution in [0.5, 0.6) is 11.5 Å². The van der Waals surface area contributed by atoms with Crippen molar-refractivity contribution in [2.45, 2.75) is 6.61 Å². The number of alkyl halides is 2. The lowest BCUT2D eigenvalue weighted by Gasteiger charge is -2.07. The molecular weight excluding hydrogens is 395 g/mol. The van der Waals surface area contributed by atoms with E-state index in [0.29, 0.717) is 11.3 Å². The summed E-state index contributed by atoms with van der Waals surface area (Å²) in [6, 6.07) is 9.87. The molecule has 1 heterocycles. The van der Waals surface area contributed by atoms with Gasteiger partial charge in [0.25, 0.3) is 0 Å². The second-order valence-corrected chi connectivity index (χ2v) is 6.44. The number of hydrogen-bond donors (Lipinski definition) is 2. The summed E-state index contributed by atoms with van der Waals surface area (Å²) >= 11 is 0.986. The Bertz CT molecular complexity index is 993. The lowest BCUT2D eigenvalue weighted by Crippen LogP contribution is -2.04. The van der Waals surface area contributed by atoms with Gasteiger partial charge in [-0.3, -0.25) is 4.79 Å². The van der Waals surface area contributed by atoms with E-state index in [1.807, 2.05) is 0 Å². The van der Waals surface area contributed by atoms with Crippen molar-refractivity contribution in [2.24, 2.45) is 0 Å². The van der Waals surface area contributed by atoms with Gasteiger partial charge in [-0.05, 0) is 36.4 Å². The van der Waals surface area contributed by atoms with Gasteiger partial charge in [0.15, 0.2) is 16.7 Å². The standard InChI is InChI=1S/C18H14F3N3O3S/c1-26-11-5-2-9(3-6-11)14(25)15-16(22)24-18(28-15)23-10-4-7-13(12(19)8-10)27-17(20)21/h2-8,17H,22H2,1H3,(H,23,24). The Morgan fingerprint density at radius 1 is 1.21 bits per heavy atom. The van der Waals surface area contributed by atoms with Gasteiger partial charge in [0.2, 0.25) is 5.78 Å². The van der Waals surface area contributed by atoms with E-state index < -0.39 is 18.2 Å². The highest BCUT2D eigenvalue weighted by atomic mass is 32.1. The molecule has 3 aromatic rings. The molecule has 6 nitrogen and oxygen atoms in total. The largest absolute Gasteiger partial charge is 0.497 e. The molecule has 0 fully saturated rings. The molecule has 1 aromatic heterocycles. The van der Waals surface area contributed by atoms with E-state index in [4.69, 9.17) is 10.5 Å². The molecular formula is C18H14F3N3O3S. The first kappa shape index (κ1) is 19.5. The number of methoxy groups -OCH3 is 1. The van der Waals surface area contributed by atoms with Gasteiger partial charge in [0, 0.05) is 17.3 Å². The molecule has 0 aliphatic carbocycles. The normalized spacial score (nSPS) is 10.8. The number of nitrogens with two attached hydrogens (primary N) is 1. The van der Waals surface area contributed by atoms with Crippen molar-refractivity contribution in [2.75, 3.05) is 18.2 Å². The van der Waals surface area contributed by atoms with Crippen LogP contribution < -0.4 is 20.5 Å². The van der Waals surface area contributed by atoms with Crippen LogP contribution in [0.3, 0.4) is 0 Å². The summed E-state index contributed by atoms with van der Waals surface area (Å²) in [5.74, 6) is -1.24. The van der Waals surface area contributed by atoms with Crippen molar-refractivity contribution in [3.8, 4) is 11.5 Å². The molecule has 0 saturated heterocycles. The van der Waals surface area contributed by atoms with Crippen LogP contribution in [0.25, 0.3) is 0 Å². The predicted octanol–water partition coefficient (Wildman–Crippen LogP) is 4.45. The third kappa shape index (κ3) is 4.34. The van der Waals surface area contributed by atoms with Crippen LogP contribution in [0.2, 0.25) is 0 Å². The first-order valence-electron chi connectivity index (χ1n) is 7.84. The maximum absolute atomic E-state index is 13.8. The molecule has 28 heavy (non-hydrogen) atoms. The van der Waals surface area contributed by atoms with E-state index in [1.54, 1.807) is 24.3 Å². The molecule has 0 aliphatic heterocycles. The molecule has 0 bridgehead atoms. The topological polar surface area (TPSA) is 86.5 Å². The van der Waals surface area contributed by atoms with E-state index >= 15 is 0 Å². The number of carbonyl (C=O) groups excluding carboxylic acids is 1. The van der Waals surface area contributed by atoms with E-state index in [-0.39, 0.29) is 27.3 Å². The SMILES string of the molecule is COc1ccc(C(=O)c2sc(Nc3ccc(OC(F)F)c(F)c3)nc2N)cc1. The average molecular weight is 409 g/mol. The zero-order valence-corrected chi connectivity index (χ0v) is 15.2.